The molecular formula is C13H26O5. The van der Waals surface area contributed by atoms with E-state index in [1.807, 2.05) is 6.92 Å². The topological polar surface area (TPSA) is 60.5 Å². The molecule has 108 valence electrons. The molecule has 0 saturated carbocycles. The molecule has 1 N–H and O–H groups in total. The highest BCUT2D eigenvalue weighted by Crippen LogP contribution is 2.20. The number of ether oxygens (including phenoxy) is 4. The van der Waals surface area contributed by atoms with Gasteiger partial charge in [-0.05, 0) is 13.8 Å². The summed E-state index contributed by atoms with van der Waals surface area (Å²) in [6.07, 6.45) is -0.165. The lowest BCUT2D eigenvalue weighted by atomic mass is 9.94. The van der Waals surface area contributed by atoms with E-state index in [0.717, 1.165) is 6.61 Å². The van der Waals surface area contributed by atoms with Crippen LogP contribution in [0.2, 0.25) is 0 Å². The zero-order chi connectivity index (χ0) is 13.4. The predicted octanol–water partition coefficient (Wildman–Crippen LogP) is 0.842. The van der Waals surface area contributed by atoms with Crippen LogP contribution in [0.3, 0.4) is 0 Å². The summed E-state index contributed by atoms with van der Waals surface area (Å²) >= 11 is 0. The Morgan fingerprint density at radius 2 is 1.89 bits per heavy atom. The van der Waals surface area contributed by atoms with Crippen LogP contribution >= 0.6 is 0 Å². The van der Waals surface area contributed by atoms with Crippen LogP contribution in [0, 0.1) is 5.41 Å². The third-order valence-corrected chi connectivity index (χ3v) is 2.62. The zero-order valence-corrected chi connectivity index (χ0v) is 11.7. The van der Waals surface area contributed by atoms with E-state index < -0.39 is 6.10 Å². The van der Waals surface area contributed by atoms with Gasteiger partial charge in [0.2, 0.25) is 0 Å². The van der Waals surface area contributed by atoms with E-state index in [9.17, 15) is 5.11 Å². The van der Waals surface area contributed by atoms with Crippen LogP contribution in [0.5, 0.6) is 0 Å². The molecule has 5 heteroatoms. The molecule has 0 spiro atoms. The second-order valence-electron chi connectivity index (χ2n) is 5.28. The van der Waals surface area contributed by atoms with Gasteiger partial charge in [0, 0.05) is 12.0 Å². The highest BCUT2D eigenvalue weighted by molar-refractivity contribution is 4.75. The van der Waals surface area contributed by atoms with Gasteiger partial charge < -0.3 is 24.1 Å². The zero-order valence-electron chi connectivity index (χ0n) is 11.7. The van der Waals surface area contributed by atoms with Crippen molar-refractivity contribution >= 4 is 0 Å². The number of hydrogen-bond donors (Lipinski definition) is 1. The first-order valence-electron chi connectivity index (χ1n) is 6.58. The molecule has 3 unspecified atom stereocenters. The largest absolute Gasteiger partial charge is 0.391 e. The van der Waals surface area contributed by atoms with Gasteiger partial charge in [-0.2, -0.15) is 0 Å². The van der Waals surface area contributed by atoms with Crippen LogP contribution in [0.4, 0.5) is 0 Å². The van der Waals surface area contributed by atoms with Crippen LogP contribution in [-0.2, 0) is 18.9 Å². The van der Waals surface area contributed by atoms with E-state index in [4.69, 9.17) is 18.9 Å². The summed E-state index contributed by atoms with van der Waals surface area (Å²) in [6.45, 7) is 9.89. The van der Waals surface area contributed by atoms with Crippen LogP contribution < -0.4 is 0 Å². The SMILES string of the molecule is CCOCC(C)(COCC(C)O)COCC1CO1. The molecule has 3 atom stereocenters. The summed E-state index contributed by atoms with van der Waals surface area (Å²) in [6, 6.07) is 0. The Bertz CT molecular complexity index is 207. The van der Waals surface area contributed by atoms with Crippen molar-refractivity contribution in [3.63, 3.8) is 0 Å². The molecular weight excluding hydrogens is 236 g/mol. The summed E-state index contributed by atoms with van der Waals surface area (Å²) in [5, 5.41) is 9.18. The Hall–Kier alpha value is -0.200. The van der Waals surface area contributed by atoms with Gasteiger partial charge in [-0.3, -0.25) is 0 Å². The van der Waals surface area contributed by atoms with E-state index >= 15 is 0 Å². The van der Waals surface area contributed by atoms with Crippen molar-refractivity contribution in [3.8, 4) is 0 Å². The highest BCUT2D eigenvalue weighted by atomic mass is 16.6. The Morgan fingerprint density at radius 1 is 1.28 bits per heavy atom. The maximum Gasteiger partial charge on any atom is 0.104 e. The molecule has 0 bridgehead atoms. The third kappa shape index (κ3) is 7.28. The summed E-state index contributed by atoms with van der Waals surface area (Å²) in [5.74, 6) is 0. The normalized spacial score (nSPS) is 23.7. The fourth-order valence-corrected chi connectivity index (χ4v) is 1.55. The van der Waals surface area contributed by atoms with Gasteiger partial charge in [-0.15, -0.1) is 0 Å². The Morgan fingerprint density at radius 3 is 2.44 bits per heavy atom. The molecule has 1 fully saturated rings. The summed E-state index contributed by atoms with van der Waals surface area (Å²) in [7, 11) is 0. The van der Waals surface area contributed by atoms with Crippen LogP contribution in [0.25, 0.3) is 0 Å². The van der Waals surface area contributed by atoms with Gasteiger partial charge in [0.15, 0.2) is 0 Å². The van der Waals surface area contributed by atoms with Crippen molar-refractivity contribution in [3.05, 3.63) is 0 Å². The van der Waals surface area contributed by atoms with Gasteiger partial charge in [-0.1, -0.05) is 6.92 Å². The van der Waals surface area contributed by atoms with E-state index in [-0.39, 0.29) is 11.5 Å². The highest BCUT2D eigenvalue weighted by Gasteiger charge is 2.28. The average Bonchev–Trinajstić information content (AvgIpc) is 3.10. The summed E-state index contributed by atoms with van der Waals surface area (Å²) < 4.78 is 21.7. The molecule has 0 aromatic rings. The van der Waals surface area contributed by atoms with Crippen molar-refractivity contribution < 1.29 is 24.1 Å². The number of aliphatic hydroxyl groups excluding tert-OH is 1. The maximum absolute atomic E-state index is 9.18. The van der Waals surface area contributed by atoms with E-state index in [1.165, 1.54) is 0 Å². The first-order valence-corrected chi connectivity index (χ1v) is 6.58. The van der Waals surface area contributed by atoms with Gasteiger partial charge >= 0.3 is 0 Å². The molecule has 0 amide bonds. The Labute approximate surface area is 109 Å². The quantitative estimate of drug-likeness (QED) is 0.559. The standard InChI is InChI=1S/C13H26O5/c1-4-15-8-13(3,9-16-5-11(2)14)10-17-6-12-7-18-12/h11-12,14H,4-10H2,1-3H3. The van der Waals surface area contributed by atoms with E-state index in [1.54, 1.807) is 6.92 Å². The van der Waals surface area contributed by atoms with Crippen molar-refractivity contribution in [2.24, 2.45) is 5.41 Å². The minimum Gasteiger partial charge on any atom is -0.391 e. The van der Waals surface area contributed by atoms with E-state index in [0.29, 0.717) is 39.6 Å². The van der Waals surface area contributed by atoms with E-state index in [2.05, 4.69) is 6.92 Å². The Kier molecular flexibility index (Phi) is 7.11. The molecule has 1 rings (SSSR count). The minimum atomic E-state index is -0.442. The molecule has 1 heterocycles. The average molecular weight is 262 g/mol. The van der Waals surface area contributed by atoms with Gasteiger partial charge in [0.25, 0.3) is 0 Å². The number of epoxide rings is 1. The number of aliphatic hydroxyl groups is 1. The third-order valence-electron chi connectivity index (χ3n) is 2.62. The second-order valence-corrected chi connectivity index (χ2v) is 5.28. The lowest BCUT2D eigenvalue weighted by Gasteiger charge is -2.29. The van der Waals surface area contributed by atoms with Crippen molar-refractivity contribution in [2.75, 3.05) is 46.2 Å². The number of hydrogen-bond acceptors (Lipinski definition) is 5. The van der Waals surface area contributed by atoms with Gasteiger partial charge in [0.1, 0.15) is 6.10 Å². The first kappa shape index (κ1) is 15.9. The molecule has 0 radical (unpaired) electrons. The van der Waals surface area contributed by atoms with Gasteiger partial charge in [-0.25, -0.2) is 0 Å². The van der Waals surface area contributed by atoms with Gasteiger partial charge in [0.05, 0.1) is 45.7 Å². The molecule has 1 saturated heterocycles. The van der Waals surface area contributed by atoms with Crippen LogP contribution in [0.15, 0.2) is 0 Å². The molecule has 0 aliphatic carbocycles. The fourth-order valence-electron chi connectivity index (χ4n) is 1.55. The van der Waals surface area contributed by atoms with Crippen LogP contribution in [-0.4, -0.2) is 63.6 Å². The molecule has 18 heavy (non-hydrogen) atoms. The lowest BCUT2D eigenvalue weighted by Crippen LogP contribution is -2.35. The van der Waals surface area contributed by atoms with Crippen molar-refractivity contribution in [2.45, 2.75) is 33.0 Å². The molecule has 1 aliphatic rings. The minimum absolute atomic E-state index is 0.181. The molecule has 0 aromatic heterocycles. The monoisotopic (exact) mass is 262 g/mol. The maximum atomic E-state index is 9.18. The Balaban J connectivity index is 2.24. The lowest BCUT2D eigenvalue weighted by molar-refractivity contribution is -0.0710. The van der Waals surface area contributed by atoms with Crippen molar-refractivity contribution in [1.29, 1.82) is 0 Å². The molecule has 5 nitrogen and oxygen atoms in total. The number of rotatable bonds is 11. The fraction of sp³-hybridized carbons (Fsp3) is 1.00. The molecule has 1 aliphatic heterocycles. The predicted molar refractivity (Wildman–Crippen MR) is 67.7 cm³/mol. The second kappa shape index (κ2) is 8.07. The smallest absolute Gasteiger partial charge is 0.104 e. The molecule has 0 aromatic carbocycles. The summed E-state index contributed by atoms with van der Waals surface area (Å²) in [5.41, 5.74) is -0.181. The van der Waals surface area contributed by atoms with Crippen molar-refractivity contribution in [1.82, 2.24) is 0 Å². The van der Waals surface area contributed by atoms with Crippen LogP contribution in [0.1, 0.15) is 20.8 Å². The first-order chi connectivity index (χ1) is 8.56. The summed E-state index contributed by atoms with van der Waals surface area (Å²) in [4.78, 5) is 0.